The molecule has 2 aromatic carbocycles. The summed E-state index contributed by atoms with van der Waals surface area (Å²) in [5.74, 6) is 0.385. The van der Waals surface area contributed by atoms with Crippen LogP contribution in [0.4, 0.5) is 0 Å². The number of fused-ring (bicyclic) bond motifs is 1. The van der Waals surface area contributed by atoms with Gasteiger partial charge in [-0.15, -0.1) is 11.3 Å². The number of ether oxygens (including phenoxy) is 1. The van der Waals surface area contributed by atoms with Crippen LogP contribution in [0.3, 0.4) is 0 Å². The minimum Gasteiger partial charge on any atom is -0.503 e. The average molecular weight is 466 g/mol. The fraction of sp³-hybridized carbons (Fsp3) is 0.167. The van der Waals surface area contributed by atoms with Gasteiger partial charge >= 0.3 is 0 Å². The third kappa shape index (κ3) is 5.21. The Labute approximate surface area is 172 Å². The predicted molar refractivity (Wildman–Crippen MR) is 113 cm³/mol. The molecule has 0 bridgehead atoms. The molecular formula is C18H16BrN3O3S2. The molecule has 0 spiro atoms. The number of phenols is 1. The van der Waals surface area contributed by atoms with Gasteiger partial charge < -0.3 is 9.84 Å². The first-order valence-corrected chi connectivity index (χ1v) is 10.6. The molecule has 9 heteroatoms. The van der Waals surface area contributed by atoms with Gasteiger partial charge in [-0.1, -0.05) is 23.9 Å². The van der Waals surface area contributed by atoms with Gasteiger partial charge in [0, 0.05) is 0 Å². The Kier molecular flexibility index (Phi) is 6.70. The molecule has 6 nitrogen and oxygen atoms in total. The zero-order valence-electron chi connectivity index (χ0n) is 14.3. The van der Waals surface area contributed by atoms with Crippen LogP contribution in [0.5, 0.6) is 11.5 Å². The minimum atomic E-state index is -0.224. The summed E-state index contributed by atoms with van der Waals surface area (Å²) in [6.07, 6.45) is 1.49. The van der Waals surface area contributed by atoms with Crippen molar-refractivity contribution in [2.24, 2.45) is 5.10 Å². The molecule has 1 heterocycles. The van der Waals surface area contributed by atoms with Crippen molar-refractivity contribution < 1.29 is 14.6 Å². The van der Waals surface area contributed by atoms with Gasteiger partial charge in [0.1, 0.15) is 0 Å². The standard InChI is InChI=1S/C18H16BrN3O3S2/c1-2-25-14-8-11(7-12(19)17(14)24)9-20-22-16(23)10-26-18-21-13-5-3-4-6-15(13)27-18/h3-9,24H,2,10H2,1H3,(H,22,23)/b20-9+. The van der Waals surface area contributed by atoms with E-state index in [0.717, 1.165) is 14.6 Å². The van der Waals surface area contributed by atoms with E-state index >= 15 is 0 Å². The lowest BCUT2D eigenvalue weighted by atomic mass is 10.2. The molecule has 0 aliphatic rings. The van der Waals surface area contributed by atoms with Crippen LogP contribution in [0.15, 0.2) is 50.3 Å². The maximum Gasteiger partial charge on any atom is 0.250 e. The molecule has 0 saturated heterocycles. The molecule has 0 fully saturated rings. The van der Waals surface area contributed by atoms with Gasteiger partial charge in [0.25, 0.3) is 5.91 Å². The largest absolute Gasteiger partial charge is 0.503 e. The van der Waals surface area contributed by atoms with Gasteiger partial charge in [-0.05, 0) is 52.7 Å². The first-order valence-electron chi connectivity index (χ1n) is 8.02. The maximum absolute atomic E-state index is 12.0. The Hall–Kier alpha value is -2.10. The van der Waals surface area contributed by atoms with Crippen molar-refractivity contribution in [2.75, 3.05) is 12.4 Å². The van der Waals surface area contributed by atoms with Gasteiger partial charge in [0.2, 0.25) is 0 Å². The third-order valence-electron chi connectivity index (χ3n) is 3.35. The highest BCUT2D eigenvalue weighted by Gasteiger charge is 2.09. The van der Waals surface area contributed by atoms with Crippen molar-refractivity contribution >= 4 is 61.4 Å². The quantitative estimate of drug-likeness (QED) is 0.306. The second-order valence-corrected chi connectivity index (χ2v) is 8.42. The van der Waals surface area contributed by atoms with Crippen molar-refractivity contribution in [3.05, 3.63) is 46.4 Å². The topological polar surface area (TPSA) is 83.8 Å². The Morgan fingerprint density at radius 2 is 2.26 bits per heavy atom. The number of carbonyl (C=O) groups excluding carboxylic acids is 1. The summed E-state index contributed by atoms with van der Waals surface area (Å²) < 4.78 is 7.80. The number of carbonyl (C=O) groups is 1. The number of aromatic nitrogens is 1. The number of nitrogens with one attached hydrogen (secondary N) is 1. The van der Waals surface area contributed by atoms with Crippen LogP contribution in [0.25, 0.3) is 10.2 Å². The number of thioether (sulfide) groups is 1. The normalized spacial score (nSPS) is 11.2. The van der Waals surface area contributed by atoms with E-state index in [-0.39, 0.29) is 17.4 Å². The predicted octanol–water partition coefficient (Wildman–Crippen LogP) is 4.41. The molecule has 27 heavy (non-hydrogen) atoms. The van der Waals surface area contributed by atoms with E-state index in [4.69, 9.17) is 4.74 Å². The molecule has 0 atom stereocenters. The molecule has 140 valence electrons. The summed E-state index contributed by atoms with van der Waals surface area (Å²) in [5, 5.41) is 13.9. The minimum absolute atomic E-state index is 0.0327. The molecule has 3 rings (SSSR count). The van der Waals surface area contributed by atoms with Gasteiger partial charge in [-0.25, -0.2) is 10.4 Å². The second kappa shape index (κ2) is 9.20. The van der Waals surface area contributed by atoms with Gasteiger partial charge in [-0.2, -0.15) is 5.10 Å². The molecule has 1 aromatic heterocycles. The first kappa shape index (κ1) is 19.7. The number of hydrazone groups is 1. The van der Waals surface area contributed by atoms with Crippen molar-refractivity contribution in [1.82, 2.24) is 10.4 Å². The molecule has 0 radical (unpaired) electrons. The van der Waals surface area contributed by atoms with Crippen LogP contribution < -0.4 is 10.2 Å². The fourth-order valence-electron chi connectivity index (χ4n) is 2.19. The second-order valence-electron chi connectivity index (χ2n) is 5.31. The van der Waals surface area contributed by atoms with Crippen LogP contribution in [0.1, 0.15) is 12.5 Å². The highest BCUT2D eigenvalue weighted by Crippen LogP contribution is 2.35. The highest BCUT2D eigenvalue weighted by atomic mass is 79.9. The van der Waals surface area contributed by atoms with E-state index in [1.54, 1.807) is 23.5 Å². The zero-order valence-corrected chi connectivity index (χ0v) is 17.5. The van der Waals surface area contributed by atoms with E-state index in [0.29, 0.717) is 22.4 Å². The smallest absolute Gasteiger partial charge is 0.250 e. The molecule has 2 N–H and O–H groups in total. The van der Waals surface area contributed by atoms with Crippen LogP contribution >= 0.6 is 39.0 Å². The van der Waals surface area contributed by atoms with E-state index < -0.39 is 0 Å². The first-order chi connectivity index (χ1) is 13.1. The monoisotopic (exact) mass is 465 g/mol. The summed E-state index contributed by atoms with van der Waals surface area (Å²) >= 11 is 6.20. The number of nitrogens with zero attached hydrogens (tertiary/aromatic N) is 2. The van der Waals surface area contributed by atoms with Gasteiger partial charge in [0.05, 0.1) is 33.3 Å². The number of phenolic OH excluding ortho intramolecular Hbond substituents is 1. The van der Waals surface area contributed by atoms with E-state index in [1.807, 2.05) is 31.2 Å². The lowest BCUT2D eigenvalue weighted by molar-refractivity contribution is -0.118. The van der Waals surface area contributed by atoms with Crippen LogP contribution in [0, 0.1) is 0 Å². The Morgan fingerprint density at radius 1 is 1.44 bits per heavy atom. The fourth-order valence-corrected chi connectivity index (χ4v) is 4.51. The van der Waals surface area contributed by atoms with Crippen molar-refractivity contribution in [1.29, 1.82) is 0 Å². The van der Waals surface area contributed by atoms with Crippen LogP contribution in [0.2, 0.25) is 0 Å². The van der Waals surface area contributed by atoms with Gasteiger partial charge in [0.15, 0.2) is 15.8 Å². The average Bonchev–Trinajstić information content (AvgIpc) is 3.07. The van der Waals surface area contributed by atoms with E-state index in [1.165, 1.54) is 18.0 Å². The molecule has 3 aromatic rings. The van der Waals surface area contributed by atoms with Crippen molar-refractivity contribution in [2.45, 2.75) is 11.3 Å². The Bertz CT molecular complexity index is 958. The number of para-hydroxylation sites is 1. The summed E-state index contributed by atoms with van der Waals surface area (Å²) in [7, 11) is 0. The lowest BCUT2D eigenvalue weighted by Gasteiger charge is -2.08. The number of amides is 1. The number of benzene rings is 2. The van der Waals surface area contributed by atoms with Crippen LogP contribution in [-0.4, -0.2) is 34.6 Å². The SMILES string of the molecule is CCOc1cc(/C=N/NC(=O)CSc2nc3ccccc3s2)cc(Br)c1O. The lowest BCUT2D eigenvalue weighted by Crippen LogP contribution is -2.19. The number of rotatable bonds is 7. The number of hydrogen-bond acceptors (Lipinski definition) is 7. The summed E-state index contributed by atoms with van der Waals surface area (Å²) in [6, 6.07) is 11.2. The number of aromatic hydroxyl groups is 1. The zero-order chi connectivity index (χ0) is 19.2. The van der Waals surface area contributed by atoms with Gasteiger partial charge in [-0.3, -0.25) is 4.79 Å². The molecule has 0 saturated carbocycles. The number of hydrogen-bond donors (Lipinski definition) is 2. The van der Waals surface area contributed by atoms with Crippen LogP contribution in [-0.2, 0) is 4.79 Å². The Balaban J connectivity index is 1.55. The highest BCUT2D eigenvalue weighted by molar-refractivity contribution is 9.10. The number of halogens is 1. The Morgan fingerprint density at radius 3 is 3.04 bits per heavy atom. The molecule has 0 aliphatic carbocycles. The summed E-state index contributed by atoms with van der Waals surface area (Å²) in [4.78, 5) is 16.4. The number of thiazole rings is 1. The van der Waals surface area contributed by atoms with E-state index in [9.17, 15) is 9.90 Å². The maximum atomic E-state index is 12.0. The van der Waals surface area contributed by atoms with E-state index in [2.05, 4.69) is 31.4 Å². The molecule has 0 unspecified atom stereocenters. The summed E-state index contributed by atoms with van der Waals surface area (Å²) in [5.41, 5.74) is 4.11. The van der Waals surface area contributed by atoms with Crippen molar-refractivity contribution in [3.8, 4) is 11.5 Å². The molecular weight excluding hydrogens is 450 g/mol. The third-order valence-corrected chi connectivity index (χ3v) is 6.14. The van der Waals surface area contributed by atoms with Crippen molar-refractivity contribution in [3.63, 3.8) is 0 Å². The molecule has 0 aliphatic heterocycles. The molecule has 1 amide bonds. The summed E-state index contributed by atoms with van der Waals surface area (Å²) in [6.45, 7) is 2.26.